The molecule has 1 atom stereocenters. The largest absolute Gasteiger partial charge is 0.497 e. The highest BCUT2D eigenvalue weighted by atomic mass is 35.5. The van der Waals surface area contributed by atoms with Crippen molar-refractivity contribution in [3.63, 3.8) is 0 Å². The fourth-order valence-corrected chi connectivity index (χ4v) is 4.47. The van der Waals surface area contributed by atoms with E-state index in [1.165, 1.54) is 11.8 Å². The Morgan fingerprint density at radius 1 is 1.28 bits per heavy atom. The normalized spacial score (nSPS) is 15.7. The van der Waals surface area contributed by atoms with Crippen LogP contribution in [0.1, 0.15) is 18.4 Å². The smallest absolute Gasteiger partial charge is 0.234 e. The number of nitrogens with one attached hydrogen (secondary N) is 1. The Labute approximate surface area is 196 Å². The number of aromatic nitrogens is 3. The van der Waals surface area contributed by atoms with E-state index >= 15 is 0 Å². The van der Waals surface area contributed by atoms with Gasteiger partial charge in [-0.15, -0.1) is 10.2 Å². The summed E-state index contributed by atoms with van der Waals surface area (Å²) in [7, 11) is 1.64. The zero-order chi connectivity index (χ0) is 22.5. The van der Waals surface area contributed by atoms with Gasteiger partial charge in [0.15, 0.2) is 11.0 Å². The van der Waals surface area contributed by atoms with Gasteiger partial charge in [0.1, 0.15) is 5.75 Å². The van der Waals surface area contributed by atoms with E-state index in [1.54, 1.807) is 19.2 Å². The maximum Gasteiger partial charge on any atom is 0.234 e. The van der Waals surface area contributed by atoms with Crippen LogP contribution >= 0.6 is 23.4 Å². The van der Waals surface area contributed by atoms with Crippen LogP contribution in [-0.4, -0.2) is 46.2 Å². The van der Waals surface area contributed by atoms with Gasteiger partial charge in [0.2, 0.25) is 5.91 Å². The number of carbonyl (C=O) groups is 1. The molecule has 1 aliphatic heterocycles. The highest BCUT2D eigenvalue weighted by Crippen LogP contribution is 2.28. The van der Waals surface area contributed by atoms with Crippen molar-refractivity contribution >= 4 is 35.0 Å². The fourth-order valence-electron chi connectivity index (χ4n) is 3.55. The Morgan fingerprint density at radius 3 is 2.81 bits per heavy atom. The number of anilines is 1. The van der Waals surface area contributed by atoms with Gasteiger partial charge >= 0.3 is 0 Å². The van der Waals surface area contributed by atoms with Crippen molar-refractivity contribution in [2.45, 2.75) is 37.6 Å². The molecule has 9 heteroatoms. The van der Waals surface area contributed by atoms with Crippen LogP contribution < -0.4 is 10.1 Å². The van der Waals surface area contributed by atoms with Crippen LogP contribution in [0.15, 0.2) is 47.6 Å². The number of methoxy groups -OCH3 is 1. The number of amides is 1. The van der Waals surface area contributed by atoms with Crippen molar-refractivity contribution in [2.75, 3.05) is 24.8 Å². The molecule has 32 heavy (non-hydrogen) atoms. The molecule has 1 fully saturated rings. The minimum atomic E-state index is -0.127. The predicted molar refractivity (Wildman–Crippen MR) is 127 cm³/mol. The number of nitrogens with zero attached hydrogens (tertiary/aromatic N) is 3. The van der Waals surface area contributed by atoms with Gasteiger partial charge in [0, 0.05) is 22.9 Å². The second kappa shape index (κ2) is 10.4. The Balaban J connectivity index is 1.51. The molecular weight excluding hydrogens is 448 g/mol. The molecule has 0 radical (unpaired) electrons. The fraction of sp³-hybridized carbons (Fsp3) is 0.348. The van der Waals surface area contributed by atoms with E-state index in [0.29, 0.717) is 22.4 Å². The van der Waals surface area contributed by atoms with E-state index in [4.69, 9.17) is 21.1 Å². The summed E-state index contributed by atoms with van der Waals surface area (Å²) in [5, 5.41) is 13.0. The minimum Gasteiger partial charge on any atom is -0.497 e. The van der Waals surface area contributed by atoms with Crippen LogP contribution in [0.4, 0.5) is 5.69 Å². The van der Waals surface area contributed by atoms with E-state index in [-0.39, 0.29) is 17.8 Å². The molecule has 3 aromatic rings. The standard InChI is InChI=1S/C23H25ClN4O3S/c1-15-5-8-17(24)12-20(15)25-21(29)14-32-23-27-26-22(16-6-9-18(30-2)10-7-16)28(23)13-19-4-3-11-31-19/h5-10,12,19H,3-4,11,13-14H2,1-2H3,(H,25,29). The third-order valence-electron chi connectivity index (χ3n) is 5.28. The van der Waals surface area contributed by atoms with Crippen molar-refractivity contribution in [3.05, 3.63) is 53.1 Å². The van der Waals surface area contributed by atoms with Gasteiger partial charge in [-0.3, -0.25) is 9.36 Å². The van der Waals surface area contributed by atoms with Gasteiger partial charge in [-0.1, -0.05) is 29.4 Å². The summed E-state index contributed by atoms with van der Waals surface area (Å²) in [5.41, 5.74) is 2.60. The number of aryl methyl sites for hydroxylation is 1. The first-order chi connectivity index (χ1) is 15.5. The number of carbonyl (C=O) groups excluding carboxylic acids is 1. The van der Waals surface area contributed by atoms with Crippen LogP contribution in [0.25, 0.3) is 11.4 Å². The molecule has 1 amide bonds. The topological polar surface area (TPSA) is 78.3 Å². The van der Waals surface area contributed by atoms with Gasteiger partial charge in [-0.2, -0.15) is 0 Å². The number of thioether (sulfide) groups is 1. The number of benzene rings is 2. The van der Waals surface area contributed by atoms with E-state index in [2.05, 4.69) is 15.5 Å². The number of hydrogen-bond acceptors (Lipinski definition) is 6. The van der Waals surface area contributed by atoms with Gasteiger partial charge in [0.05, 0.1) is 25.5 Å². The molecule has 2 aromatic carbocycles. The van der Waals surface area contributed by atoms with Crippen LogP contribution in [0.2, 0.25) is 5.02 Å². The zero-order valence-electron chi connectivity index (χ0n) is 18.0. The first kappa shape index (κ1) is 22.6. The quantitative estimate of drug-likeness (QED) is 0.473. The van der Waals surface area contributed by atoms with Crippen LogP contribution in [0.5, 0.6) is 5.75 Å². The monoisotopic (exact) mass is 472 g/mol. The summed E-state index contributed by atoms with van der Waals surface area (Å²) in [6, 6.07) is 13.1. The van der Waals surface area contributed by atoms with Crippen molar-refractivity contribution < 1.29 is 14.3 Å². The number of ether oxygens (including phenoxy) is 2. The molecule has 0 bridgehead atoms. The van der Waals surface area contributed by atoms with Gasteiger partial charge in [-0.25, -0.2) is 0 Å². The Hall–Kier alpha value is -2.55. The molecule has 2 heterocycles. The van der Waals surface area contributed by atoms with Gasteiger partial charge < -0.3 is 14.8 Å². The molecule has 0 aliphatic carbocycles. The third kappa shape index (κ3) is 5.43. The highest BCUT2D eigenvalue weighted by Gasteiger charge is 2.22. The van der Waals surface area contributed by atoms with Crippen molar-refractivity contribution in [3.8, 4) is 17.1 Å². The first-order valence-electron chi connectivity index (χ1n) is 10.4. The Morgan fingerprint density at radius 2 is 2.09 bits per heavy atom. The van der Waals surface area contributed by atoms with Crippen LogP contribution in [-0.2, 0) is 16.1 Å². The lowest BCUT2D eigenvalue weighted by Crippen LogP contribution is -2.18. The summed E-state index contributed by atoms with van der Waals surface area (Å²) in [4.78, 5) is 12.6. The maximum atomic E-state index is 12.6. The molecule has 168 valence electrons. The van der Waals surface area contributed by atoms with E-state index in [0.717, 1.165) is 42.1 Å². The molecule has 1 saturated heterocycles. The lowest BCUT2D eigenvalue weighted by molar-refractivity contribution is -0.113. The first-order valence-corrected chi connectivity index (χ1v) is 11.8. The highest BCUT2D eigenvalue weighted by molar-refractivity contribution is 7.99. The average molecular weight is 473 g/mol. The maximum absolute atomic E-state index is 12.6. The summed E-state index contributed by atoms with van der Waals surface area (Å²) < 4.78 is 13.1. The second-order valence-electron chi connectivity index (χ2n) is 7.58. The summed E-state index contributed by atoms with van der Waals surface area (Å²) in [6.45, 7) is 3.35. The van der Waals surface area contributed by atoms with Gasteiger partial charge in [0.25, 0.3) is 0 Å². The van der Waals surface area contributed by atoms with Crippen molar-refractivity contribution in [1.82, 2.24) is 14.8 Å². The molecule has 4 rings (SSSR count). The predicted octanol–water partition coefficient (Wildman–Crippen LogP) is 4.83. The molecule has 0 spiro atoms. The van der Waals surface area contributed by atoms with Gasteiger partial charge in [-0.05, 0) is 61.7 Å². The van der Waals surface area contributed by atoms with Crippen LogP contribution in [0.3, 0.4) is 0 Å². The second-order valence-corrected chi connectivity index (χ2v) is 8.96. The van der Waals surface area contributed by atoms with Crippen molar-refractivity contribution in [2.24, 2.45) is 0 Å². The van der Waals surface area contributed by atoms with E-state index in [9.17, 15) is 4.79 Å². The minimum absolute atomic E-state index is 0.116. The third-order valence-corrected chi connectivity index (χ3v) is 6.48. The summed E-state index contributed by atoms with van der Waals surface area (Å²) in [5.74, 6) is 1.61. The number of halogens is 1. The summed E-state index contributed by atoms with van der Waals surface area (Å²) in [6.07, 6.45) is 2.17. The Bertz CT molecular complexity index is 1080. The van der Waals surface area contributed by atoms with Crippen LogP contribution in [0, 0.1) is 6.92 Å². The lowest BCUT2D eigenvalue weighted by Gasteiger charge is -2.15. The Kier molecular flexibility index (Phi) is 7.34. The lowest BCUT2D eigenvalue weighted by atomic mass is 10.2. The number of rotatable bonds is 8. The number of hydrogen-bond donors (Lipinski definition) is 1. The molecule has 1 N–H and O–H groups in total. The van der Waals surface area contributed by atoms with E-state index < -0.39 is 0 Å². The van der Waals surface area contributed by atoms with E-state index in [1.807, 2.05) is 41.8 Å². The molecule has 1 aliphatic rings. The SMILES string of the molecule is COc1ccc(-c2nnc(SCC(=O)Nc3cc(Cl)ccc3C)n2CC2CCCO2)cc1. The molecule has 1 aromatic heterocycles. The average Bonchev–Trinajstić information content (AvgIpc) is 3.45. The summed E-state index contributed by atoms with van der Waals surface area (Å²) >= 11 is 7.41. The molecule has 1 unspecified atom stereocenters. The molecule has 0 saturated carbocycles. The molecular formula is C23H25ClN4O3S. The van der Waals surface area contributed by atoms with Crippen molar-refractivity contribution in [1.29, 1.82) is 0 Å². The molecule has 7 nitrogen and oxygen atoms in total. The zero-order valence-corrected chi connectivity index (χ0v) is 19.6.